The highest BCUT2D eigenvalue weighted by molar-refractivity contribution is 5.93. The first-order valence-electron chi connectivity index (χ1n) is 12.6. The number of carboxylic acid groups (broad SMARTS) is 1. The average Bonchev–Trinajstić information content (AvgIpc) is 2.87. The van der Waals surface area contributed by atoms with E-state index in [1.807, 2.05) is 19.9 Å². The van der Waals surface area contributed by atoms with Crippen LogP contribution in [0.3, 0.4) is 0 Å². The third-order valence-electron chi connectivity index (χ3n) is 5.43. The van der Waals surface area contributed by atoms with Gasteiger partial charge in [0.1, 0.15) is 12.1 Å². The molecule has 216 valence electrons. The SMILES string of the molecule is CC(C)C[C@H](N)C(=O)N[C@@H](Cc1ccccc1)C(=O)NCC(=O)NCC(=O)N[C@@H](CCCN=C(N)N)C(=O)O. The Labute approximate surface area is 227 Å². The molecule has 1 aromatic rings. The van der Waals surface area contributed by atoms with Crippen LogP contribution < -0.4 is 38.5 Å². The highest BCUT2D eigenvalue weighted by atomic mass is 16.4. The second kappa shape index (κ2) is 17.3. The van der Waals surface area contributed by atoms with Gasteiger partial charge in [0.25, 0.3) is 0 Å². The van der Waals surface area contributed by atoms with Crippen LogP contribution in [0.15, 0.2) is 35.3 Å². The van der Waals surface area contributed by atoms with Crippen molar-refractivity contribution in [1.82, 2.24) is 21.3 Å². The van der Waals surface area contributed by atoms with Gasteiger partial charge in [0, 0.05) is 13.0 Å². The Morgan fingerprint density at radius 1 is 0.897 bits per heavy atom. The molecule has 0 aliphatic heterocycles. The molecule has 1 rings (SSSR count). The molecule has 0 saturated carbocycles. The lowest BCUT2D eigenvalue weighted by Crippen LogP contribution is -2.54. The Hall–Kier alpha value is -4.20. The maximum Gasteiger partial charge on any atom is 0.326 e. The summed E-state index contributed by atoms with van der Waals surface area (Å²) in [6.07, 6.45) is 1.01. The third kappa shape index (κ3) is 14.4. The van der Waals surface area contributed by atoms with Crippen molar-refractivity contribution in [3.05, 3.63) is 35.9 Å². The number of rotatable bonds is 17. The fourth-order valence-corrected chi connectivity index (χ4v) is 3.49. The summed E-state index contributed by atoms with van der Waals surface area (Å²) in [7, 11) is 0. The molecule has 39 heavy (non-hydrogen) atoms. The number of guanidine groups is 1. The molecule has 0 aliphatic carbocycles. The molecule has 0 saturated heterocycles. The van der Waals surface area contributed by atoms with Crippen LogP contribution in [-0.2, 0) is 30.4 Å². The van der Waals surface area contributed by atoms with Crippen molar-refractivity contribution in [2.24, 2.45) is 28.1 Å². The quantitative estimate of drug-likeness (QED) is 0.0605. The molecule has 3 atom stereocenters. The van der Waals surface area contributed by atoms with Crippen LogP contribution in [0.5, 0.6) is 0 Å². The first-order valence-corrected chi connectivity index (χ1v) is 12.6. The second-order valence-electron chi connectivity index (χ2n) is 9.39. The van der Waals surface area contributed by atoms with Gasteiger partial charge in [-0.1, -0.05) is 44.2 Å². The molecule has 0 aromatic heterocycles. The molecule has 0 spiro atoms. The minimum Gasteiger partial charge on any atom is -0.480 e. The van der Waals surface area contributed by atoms with Gasteiger partial charge < -0.3 is 43.6 Å². The van der Waals surface area contributed by atoms with Gasteiger partial charge in [0.05, 0.1) is 19.1 Å². The van der Waals surface area contributed by atoms with E-state index in [-0.39, 0.29) is 31.3 Å². The number of carbonyl (C=O) groups is 5. The van der Waals surface area contributed by atoms with Gasteiger partial charge in [-0.3, -0.25) is 24.2 Å². The Balaban J connectivity index is 2.61. The number of hydrogen-bond acceptors (Lipinski definition) is 7. The molecule has 0 unspecified atom stereocenters. The van der Waals surface area contributed by atoms with Crippen molar-refractivity contribution in [2.75, 3.05) is 19.6 Å². The number of nitrogens with two attached hydrogens (primary N) is 3. The van der Waals surface area contributed by atoms with Crippen LogP contribution in [0.25, 0.3) is 0 Å². The van der Waals surface area contributed by atoms with E-state index < -0.39 is 60.8 Å². The predicted molar refractivity (Wildman–Crippen MR) is 145 cm³/mol. The van der Waals surface area contributed by atoms with Gasteiger partial charge in [-0.05, 0) is 30.7 Å². The Bertz CT molecular complexity index is 998. The zero-order chi connectivity index (χ0) is 29.4. The Morgan fingerprint density at radius 2 is 1.54 bits per heavy atom. The van der Waals surface area contributed by atoms with Crippen LogP contribution in [0.4, 0.5) is 0 Å². The van der Waals surface area contributed by atoms with Gasteiger partial charge in [-0.25, -0.2) is 4.79 Å². The molecule has 0 heterocycles. The summed E-state index contributed by atoms with van der Waals surface area (Å²) >= 11 is 0. The van der Waals surface area contributed by atoms with Gasteiger partial charge in [0.15, 0.2) is 5.96 Å². The fourth-order valence-electron chi connectivity index (χ4n) is 3.49. The largest absolute Gasteiger partial charge is 0.480 e. The smallest absolute Gasteiger partial charge is 0.326 e. The van der Waals surface area contributed by atoms with Crippen molar-refractivity contribution in [1.29, 1.82) is 0 Å². The van der Waals surface area contributed by atoms with E-state index in [1.54, 1.807) is 24.3 Å². The van der Waals surface area contributed by atoms with Crippen molar-refractivity contribution in [3.8, 4) is 0 Å². The van der Waals surface area contributed by atoms with Crippen LogP contribution >= 0.6 is 0 Å². The molecule has 0 bridgehead atoms. The van der Waals surface area contributed by atoms with E-state index >= 15 is 0 Å². The summed E-state index contributed by atoms with van der Waals surface area (Å²) in [5.74, 6) is -3.67. The maximum atomic E-state index is 12.8. The molecular weight excluding hydrogens is 508 g/mol. The van der Waals surface area contributed by atoms with E-state index in [9.17, 15) is 29.1 Å². The van der Waals surface area contributed by atoms with Gasteiger partial charge in [-0.2, -0.15) is 0 Å². The lowest BCUT2D eigenvalue weighted by Gasteiger charge is -2.21. The molecular formula is C25H40N8O6. The summed E-state index contributed by atoms with van der Waals surface area (Å²) < 4.78 is 0. The Kier molecular flexibility index (Phi) is 14.6. The Morgan fingerprint density at radius 3 is 2.13 bits per heavy atom. The topological polar surface area (TPSA) is 244 Å². The monoisotopic (exact) mass is 548 g/mol. The number of amides is 4. The van der Waals surface area contributed by atoms with E-state index in [0.29, 0.717) is 12.8 Å². The summed E-state index contributed by atoms with van der Waals surface area (Å²) in [6.45, 7) is 3.09. The number of aliphatic imine (C=N–C) groups is 1. The maximum absolute atomic E-state index is 12.8. The molecule has 0 fully saturated rings. The third-order valence-corrected chi connectivity index (χ3v) is 5.43. The number of carbonyl (C=O) groups excluding carboxylic acids is 4. The standard InChI is InChI=1S/C25H40N8O6/c1-15(2)11-17(26)22(36)33-19(12-16-7-4-3-5-8-16)23(37)31-13-20(34)30-14-21(35)32-18(24(38)39)9-6-10-29-25(27)28/h3-5,7-8,15,17-19H,6,9-14,26H2,1-2H3,(H,30,34)(H,31,37)(H,32,35)(H,33,36)(H,38,39)(H4,27,28,29)/t17-,18-,19-/m0/s1. The van der Waals surface area contributed by atoms with E-state index in [1.165, 1.54) is 0 Å². The molecule has 4 amide bonds. The number of aliphatic carboxylic acids is 1. The fraction of sp³-hybridized carbons (Fsp3) is 0.520. The van der Waals surface area contributed by atoms with Crippen molar-refractivity contribution in [3.63, 3.8) is 0 Å². The number of benzene rings is 1. The van der Waals surface area contributed by atoms with Gasteiger partial charge in [0.2, 0.25) is 23.6 Å². The lowest BCUT2D eigenvalue weighted by molar-refractivity contribution is -0.142. The van der Waals surface area contributed by atoms with Crippen LogP contribution in [0.2, 0.25) is 0 Å². The first kappa shape index (κ1) is 32.8. The van der Waals surface area contributed by atoms with E-state index in [4.69, 9.17) is 17.2 Å². The van der Waals surface area contributed by atoms with E-state index in [0.717, 1.165) is 5.56 Å². The molecule has 14 nitrogen and oxygen atoms in total. The van der Waals surface area contributed by atoms with E-state index in [2.05, 4.69) is 26.3 Å². The summed E-state index contributed by atoms with van der Waals surface area (Å²) in [6, 6.07) is 6.06. The number of nitrogens with one attached hydrogen (secondary N) is 4. The summed E-state index contributed by atoms with van der Waals surface area (Å²) in [5.41, 5.74) is 17.2. The molecule has 0 radical (unpaired) electrons. The van der Waals surface area contributed by atoms with Crippen LogP contribution in [0.1, 0.15) is 38.7 Å². The minimum absolute atomic E-state index is 0.0806. The van der Waals surface area contributed by atoms with Crippen molar-refractivity contribution in [2.45, 2.75) is 57.7 Å². The van der Waals surface area contributed by atoms with Gasteiger partial charge in [-0.15, -0.1) is 0 Å². The molecule has 1 aromatic carbocycles. The first-order chi connectivity index (χ1) is 18.4. The zero-order valence-electron chi connectivity index (χ0n) is 22.3. The summed E-state index contributed by atoms with van der Waals surface area (Å²) in [4.78, 5) is 64.8. The van der Waals surface area contributed by atoms with Crippen LogP contribution in [0, 0.1) is 5.92 Å². The number of hydrogen-bond donors (Lipinski definition) is 8. The zero-order valence-corrected chi connectivity index (χ0v) is 22.3. The summed E-state index contributed by atoms with van der Waals surface area (Å²) in [5, 5.41) is 19.0. The lowest BCUT2D eigenvalue weighted by atomic mass is 10.0. The molecule has 14 heteroatoms. The van der Waals surface area contributed by atoms with Crippen molar-refractivity contribution >= 4 is 35.6 Å². The minimum atomic E-state index is -1.24. The molecule has 11 N–H and O–H groups in total. The normalized spacial score (nSPS) is 12.9. The highest BCUT2D eigenvalue weighted by Crippen LogP contribution is 2.06. The van der Waals surface area contributed by atoms with Gasteiger partial charge >= 0.3 is 5.97 Å². The second-order valence-corrected chi connectivity index (χ2v) is 9.39. The predicted octanol–water partition coefficient (Wildman–Crippen LogP) is -2.06. The average molecular weight is 549 g/mol. The molecule has 0 aliphatic rings. The van der Waals surface area contributed by atoms with Crippen molar-refractivity contribution < 1.29 is 29.1 Å². The van der Waals surface area contributed by atoms with Crippen LogP contribution in [-0.4, -0.2) is 78.4 Å². The number of carboxylic acids is 1. The number of nitrogens with zero attached hydrogens (tertiary/aromatic N) is 1. The highest BCUT2D eigenvalue weighted by Gasteiger charge is 2.25.